The molecule has 6 heteroatoms. The third kappa shape index (κ3) is 3.33. The van der Waals surface area contributed by atoms with Gasteiger partial charge in [0.1, 0.15) is 11.6 Å². The van der Waals surface area contributed by atoms with Gasteiger partial charge in [0.15, 0.2) is 0 Å². The van der Waals surface area contributed by atoms with E-state index in [1.165, 1.54) is 19.2 Å². The number of methoxy groups -OCH3 is 1. The second-order valence-corrected chi connectivity index (χ2v) is 4.04. The fourth-order valence-electron chi connectivity index (χ4n) is 1.13. The maximum absolute atomic E-state index is 13.2. The van der Waals surface area contributed by atoms with E-state index in [0.29, 0.717) is 15.9 Å². The van der Waals surface area contributed by atoms with Crippen molar-refractivity contribution in [2.24, 2.45) is 0 Å². The van der Waals surface area contributed by atoms with E-state index < -0.39 is 11.9 Å². The Labute approximate surface area is 101 Å². The van der Waals surface area contributed by atoms with E-state index in [0.717, 1.165) is 0 Å². The maximum atomic E-state index is 13.2. The first-order valence-electron chi connectivity index (χ1n) is 4.64. The lowest BCUT2D eigenvalue weighted by molar-refractivity contribution is 0.105. The van der Waals surface area contributed by atoms with Crippen LogP contribution in [-0.2, 0) is 0 Å². The molecule has 3 N–H and O–H groups in total. The van der Waals surface area contributed by atoms with Gasteiger partial charge in [-0.25, -0.2) is 4.39 Å². The number of aliphatic hydroxyl groups is 2. The summed E-state index contributed by atoms with van der Waals surface area (Å²) in [6, 6.07) is 2.75. The van der Waals surface area contributed by atoms with Crippen molar-refractivity contribution >= 4 is 21.6 Å². The number of aliphatic hydroxyl groups excluding tert-OH is 2. The molecule has 0 aliphatic carbocycles. The van der Waals surface area contributed by atoms with Crippen LogP contribution >= 0.6 is 15.9 Å². The normalized spacial score (nSPS) is 12.3. The molecular weight excluding hydrogens is 281 g/mol. The van der Waals surface area contributed by atoms with E-state index in [-0.39, 0.29) is 13.2 Å². The number of nitrogens with one attached hydrogen (secondary N) is 1. The Morgan fingerprint density at radius 3 is 2.81 bits per heavy atom. The molecule has 16 heavy (non-hydrogen) atoms. The van der Waals surface area contributed by atoms with Crippen molar-refractivity contribution in [2.75, 3.05) is 25.6 Å². The second-order valence-electron chi connectivity index (χ2n) is 3.18. The van der Waals surface area contributed by atoms with E-state index in [2.05, 4.69) is 21.2 Å². The van der Waals surface area contributed by atoms with Gasteiger partial charge in [0, 0.05) is 12.6 Å². The summed E-state index contributed by atoms with van der Waals surface area (Å²) in [6.07, 6.45) is -0.892. The van der Waals surface area contributed by atoms with Gasteiger partial charge in [-0.05, 0) is 22.0 Å². The minimum atomic E-state index is -0.892. The number of halogens is 2. The van der Waals surface area contributed by atoms with Gasteiger partial charge in [-0.3, -0.25) is 0 Å². The largest absolute Gasteiger partial charge is 0.495 e. The number of benzene rings is 1. The molecule has 0 bridgehead atoms. The lowest BCUT2D eigenvalue weighted by Crippen LogP contribution is -2.23. The predicted octanol–water partition coefficient (Wildman–Crippen LogP) is 1.36. The van der Waals surface area contributed by atoms with E-state index >= 15 is 0 Å². The van der Waals surface area contributed by atoms with E-state index in [1.54, 1.807) is 0 Å². The van der Waals surface area contributed by atoms with Crippen LogP contribution < -0.4 is 10.1 Å². The van der Waals surface area contributed by atoms with Gasteiger partial charge in [0.05, 0.1) is 30.0 Å². The van der Waals surface area contributed by atoms with Crippen LogP contribution in [-0.4, -0.2) is 36.6 Å². The summed E-state index contributed by atoms with van der Waals surface area (Å²) in [7, 11) is 1.47. The molecule has 1 aromatic carbocycles. The molecule has 1 atom stereocenters. The molecule has 0 aliphatic heterocycles. The first-order valence-corrected chi connectivity index (χ1v) is 5.43. The van der Waals surface area contributed by atoms with Crippen LogP contribution in [0.2, 0.25) is 0 Å². The maximum Gasteiger partial charge on any atom is 0.143 e. The fourth-order valence-corrected chi connectivity index (χ4v) is 1.45. The molecule has 4 nitrogen and oxygen atoms in total. The summed E-state index contributed by atoms with van der Waals surface area (Å²) in [4.78, 5) is 0. The molecule has 0 spiro atoms. The van der Waals surface area contributed by atoms with Crippen molar-refractivity contribution in [3.05, 3.63) is 22.4 Å². The Kier molecular flexibility index (Phi) is 4.98. The number of anilines is 1. The highest BCUT2D eigenvalue weighted by Gasteiger charge is 2.10. The molecule has 0 saturated carbocycles. The topological polar surface area (TPSA) is 61.7 Å². The zero-order valence-corrected chi connectivity index (χ0v) is 10.3. The van der Waals surface area contributed by atoms with Gasteiger partial charge in [0.2, 0.25) is 0 Å². The Morgan fingerprint density at radius 1 is 1.56 bits per heavy atom. The quantitative estimate of drug-likeness (QED) is 0.767. The van der Waals surface area contributed by atoms with Crippen LogP contribution in [0.25, 0.3) is 0 Å². The highest BCUT2D eigenvalue weighted by Crippen LogP contribution is 2.30. The molecule has 0 saturated heterocycles. The summed E-state index contributed by atoms with van der Waals surface area (Å²) in [5, 5.41) is 20.6. The van der Waals surface area contributed by atoms with Gasteiger partial charge in [-0.15, -0.1) is 0 Å². The number of ether oxygens (including phenoxy) is 1. The van der Waals surface area contributed by atoms with Crippen LogP contribution in [0.15, 0.2) is 16.6 Å². The number of rotatable bonds is 5. The molecule has 90 valence electrons. The Morgan fingerprint density at radius 2 is 2.25 bits per heavy atom. The summed E-state index contributed by atoms with van der Waals surface area (Å²) < 4.78 is 18.6. The SMILES string of the molecule is COc1cc(Br)c(F)cc1NCC(O)CO. The van der Waals surface area contributed by atoms with Crippen LogP contribution in [0.5, 0.6) is 5.75 Å². The summed E-state index contributed by atoms with van der Waals surface area (Å²) in [5.41, 5.74) is 0.427. The van der Waals surface area contributed by atoms with E-state index in [9.17, 15) is 4.39 Å². The van der Waals surface area contributed by atoms with Crippen molar-refractivity contribution in [1.82, 2.24) is 0 Å². The van der Waals surface area contributed by atoms with Crippen LogP contribution in [0.3, 0.4) is 0 Å². The third-order valence-corrected chi connectivity index (χ3v) is 2.59. The van der Waals surface area contributed by atoms with Gasteiger partial charge < -0.3 is 20.3 Å². The predicted molar refractivity (Wildman–Crippen MR) is 62.2 cm³/mol. The van der Waals surface area contributed by atoms with Gasteiger partial charge in [-0.1, -0.05) is 0 Å². The zero-order chi connectivity index (χ0) is 12.1. The average molecular weight is 294 g/mol. The van der Waals surface area contributed by atoms with E-state index in [1.807, 2.05) is 0 Å². The molecule has 0 amide bonds. The molecule has 0 aliphatic rings. The molecule has 1 aromatic rings. The highest BCUT2D eigenvalue weighted by atomic mass is 79.9. The number of hydrogen-bond acceptors (Lipinski definition) is 4. The molecular formula is C10H13BrFNO3. The molecule has 0 aromatic heterocycles. The monoisotopic (exact) mass is 293 g/mol. The minimum absolute atomic E-state index is 0.119. The molecule has 1 rings (SSSR count). The Bertz CT molecular complexity index is 362. The Balaban J connectivity index is 2.81. The zero-order valence-electron chi connectivity index (χ0n) is 8.70. The van der Waals surface area contributed by atoms with Crippen LogP contribution in [0, 0.1) is 5.82 Å². The summed E-state index contributed by atoms with van der Waals surface area (Å²) in [6.45, 7) is -0.234. The lowest BCUT2D eigenvalue weighted by Gasteiger charge is -2.14. The van der Waals surface area contributed by atoms with Crippen molar-refractivity contribution < 1.29 is 19.3 Å². The average Bonchev–Trinajstić information content (AvgIpc) is 2.29. The minimum Gasteiger partial charge on any atom is -0.495 e. The first kappa shape index (κ1) is 13.2. The molecule has 0 heterocycles. The van der Waals surface area contributed by atoms with Crippen molar-refractivity contribution in [3.63, 3.8) is 0 Å². The summed E-state index contributed by atoms with van der Waals surface area (Å²) in [5.74, 6) is 0.0280. The van der Waals surface area contributed by atoms with Gasteiger partial charge in [0.25, 0.3) is 0 Å². The standard InChI is InChI=1S/C10H13BrFNO3/c1-16-10-2-7(11)8(12)3-9(10)13-4-6(15)5-14/h2-3,6,13-15H,4-5H2,1H3. The van der Waals surface area contributed by atoms with Crippen molar-refractivity contribution in [3.8, 4) is 5.75 Å². The molecule has 0 radical (unpaired) electrons. The third-order valence-electron chi connectivity index (χ3n) is 1.98. The van der Waals surface area contributed by atoms with Gasteiger partial charge in [-0.2, -0.15) is 0 Å². The van der Waals surface area contributed by atoms with Crippen LogP contribution in [0.4, 0.5) is 10.1 Å². The smallest absolute Gasteiger partial charge is 0.143 e. The lowest BCUT2D eigenvalue weighted by atomic mass is 10.2. The second kappa shape index (κ2) is 6.03. The number of hydrogen-bond donors (Lipinski definition) is 3. The summed E-state index contributed by atoms with van der Waals surface area (Å²) >= 11 is 3.04. The van der Waals surface area contributed by atoms with Crippen molar-refractivity contribution in [2.45, 2.75) is 6.10 Å². The fraction of sp³-hybridized carbons (Fsp3) is 0.400. The van der Waals surface area contributed by atoms with Gasteiger partial charge >= 0.3 is 0 Å². The van der Waals surface area contributed by atoms with Crippen LogP contribution in [0.1, 0.15) is 0 Å². The molecule has 0 fully saturated rings. The first-order chi connectivity index (χ1) is 7.58. The van der Waals surface area contributed by atoms with E-state index in [4.69, 9.17) is 14.9 Å². The van der Waals surface area contributed by atoms with Crippen molar-refractivity contribution in [1.29, 1.82) is 0 Å². The molecule has 1 unspecified atom stereocenters. The highest BCUT2D eigenvalue weighted by molar-refractivity contribution is 9.10. The Hall–Kier alpha value is -0.850.